The maximum atomic E-state index is 13.6. The minimum atomic E-state index is -0.244. The van der Waals surface area contributed by atoms with Crippen molar-refractivity contribution in [2.45, 2.75) is 18.0 Å². The molecule has 6 heteroatoms. The van der Waals surface area contributed by atoms with E-state index >= 15 is 0 Å². The van der Waals surface area contributed by atoms with Gasteiger partial charge >= 0.3 is 0 Å². The number of methoxy groups -OCH3 is 1. The smallest absolute Gasteiger partial charge is 0.191 e. The van der Waals surface area contributed by atoms with Crippen LogP contribution in [0.1, 0.15) is 11.1 Å². The van der Waals surface area contributed by atoms with Gasteiger partial charge < -0.3 is 15.4 Å². The Morgan fingerprint density at radius 3 is 2.68 bits per heavy atom. The molecule has 0 radical (unpaired) electrons. The lowest BCUT2D eigenvalue weighted by atomic mass is 10.1. The van der Waals surface area contributed by atoms with Crippen molar-refractivity contribution >= 4 is 17.7 Å². The second kappa shape index (κ2) is 10.7. The van der Waals surface area contributed by atoms with Crippen LogP contribution >= 0.6 is 11.8 Å². The topological polar surface area (TPSA) is 45.7 Å². The monoisotopic (exact) mass is 361 g/mol. The van der Waals surface area contributed by atoms with Gasteiger partial charge in [0.15, 0.2) is 5.96 Å². The van der Waals surface area contributed by atoms with E-state index in [-0.39, 0.29) is 12.4 Å². The first kappa shape index (κ1) is 19.3. The van der Waals surface area contributed by atoms with Gasteiger partial charge in [0.1, 0.15) is 5.82 Å². The Bertz CT molecular complexity index is 680. The van der Waals surface area contributed by atoms with Crippen molar-refractivity contribution in [3.8, 4) is 0 Å². The summed E-state index contributed by atoms with van der Waals surface area (Å²) in [6.45, 7) is 1.64. The minimum absolute atomic E-state index is 0.244. The quantitative estimate of drug-likeness (QED) is 0.327. The number of hydrogen-bond acceptors (Lipinski definition) is 3. The molecule has 134 valence electrons. The van der Waals surface area contributed by atoms with Gasteiger partial charge in [0.05, 0.1) is 6.61 Å². The van der Waals surface area contributed by atoms with Crippen molar-refractivity contribution in [3.05, 3.63) is 65.5 Å². The van der Waals surface area contributed by atoms with E-state index in [1.54, 1.807) is 32.0 Å². The molecule has 0 bridgehead atoms. The Morgan fingerprint density at radius 1 is 1.16 bits per heavy atom. The van der Waals surface area contributed by atoms with Crippen LogP contribution in [-0.2, 0) is 17.9 Å². The second-order valence-corrected chi connectivity index (χ2v) is 6.54. The lowest BCUT2D eigenvalue weighted by molar-refractivity contribution is 0.181. The Balaban J connectivity index is 1.75. The van der Waals surface area contributed by atoms with Crippen LogP contribution in [0, 0.1) is 5.82 Å². The normalized spacial score (nSPS) is 11.4. The summed E-state index contributed by atoms with van der Waals surface area (Å²) < 4.78 is 18.6. The highest BCUT2D eigenvalue weighted by Gasteiger charge is 2.04. The summed E-state index contributed by atoms with van der Waals surface area (Å²) >= 11 is 1.80. The van der Waals surface area contributed by atoms with Gasteiger partial charge in [0.25, 0.3) is 0 Å². The maximum Gasteiger partial charge on any atom is 0.191 e. The summed E-state index contributed by atoms with van der Waals surface area (Å²) in [6.07, 6.45) is 0. The number of nitrogens with zero attached hydrogens (tertiary/aromatic N) is 1. The van der Waals surface area contributed by atoms with Crippen LogP contribution in [0.15, 0.2) is 58.4 Å². The zero-order valence-corrected chi connectivity index (χ0v) is 15.4. The first-order valence-electron chi connectivity index (χ1n) is 8.11. The van der Waals surface area contributed by atoms with E-state index in [0.717, 1.165) is 23.8 Å². The summed E-state index contributed by atoms with van der Waals surface area (Å²) in [5, 5.41) is 6.52. The van der Waals surface area contributed by atoms with E-state index in [2.05, 4.69) is 27.8 Å². The first-order valence-corrected chi connectivity index (χ1v) is 9.10. The Kier molecular flexibility index (Phi) is 8.28. The fraction of sp³-hybridized carbons (Fsp3) is 0.316. The van der Waals surface area contributed by atoms with E-state index in [0.29, 0.717) is 12.1 Å². The molecule has 0 aliphatic carbocycles. The predicted octanol–water partition coefficient (Wildman–Crippen LogP) is 3.43. The van der Waals surface area contributed by atoms with Gasteiger partial charge in [-0.15, -0.1) is 11.8 Å². The molecule has 0 unspecified atom stereocenters. The van der Waals surface area contributed by atoms with Crippen LogP contribution in [0.4, 0.5) is 4.39 Å². The Morgan fingerprint density at radius 2 is 1.96 bits per heavy atom. The zero-order chi connectivity index (χ0) is 17.9. The fourth-order valence-corrected chi connectivity index (χ4v) is 3.06. The average molecular weight is 361 g/mol. The summed E-state index contributed by atoms with van der Waals surface area (Å²) in [4.78, 5) is 5.46. The standard InChI is InChI=1S/C19H24FN3OS/c1-21-19(22-10-11-25-17-6-4-3-5-7-17)23-13-15-8-9-18(20)16(12-15)14-24-2/h3-9,12H,10-11,13-14H2,1-2H3,(H2,21,22,23). The van der Waals surface area contributed by atoms with E-state index < -0.39 is 0 Å². The van der Waals surface area contributed by atoms with E-state index in [9.17, 15) is 4.39 Å². The molecule has 4 nitrogen and oxygen atoms in total. The molecule has 0 amide bonds. The first-order chi connectivity index (χ1) is 12.2. The molecule has 0 heterocycles. The third-order valence-corrected chi connectivity index (χ3v) is 4.51. The van der Waals surface area contributed by atoms with E-state index in [1.807, 2.05) is 24.3 Å². The molecule has 0 aromatic heterocycles. The largest absolute Gasteiger partial charge is 0.380 e. The van der Waals surface area contributed by atoms with Gasteiger partial charge in [-0.1, -0.05) is 24.3 Å². The molecule has 25 heavy (non-hydrogen) atoms. The molecule has 0 aliphatic rings. The fourth-order valence-electron chi connectivity index (χ4n) is 2.27. The van der Waals surface area contributed by atoms with Gasteiger partial charge in [0, 0.05) is 43.5 Å². The lowest BCUT2D eigenvalue weighted by Crippen LogP contribution is -2.37. The van der Waals surface area contributed by atoms with Gasteiger partial charge in [-0.3, -0.25) is 4.99 Å². The number of ether oxygens (including phenoxy) is 1. The second-order valence-electron chi connectivity index (χ2n) is 5.37. The highest BCUT2D eigenvalue weighted by molar-refractivity contribution is 7.99. The number of thioether (sulfide) groups is 1. The van der Waals surface area contributed by atoms with Crippen LogP contribution in [0.2, 0.25) is 0 Å². The molecule has 0 saturated carbocycles. The third kappa shape index (κ3) is 6.76. The van der Waals surface area contributed by atoms with Crippen molar-refractivity contribution in [1.82, 2.24) is 10.6 Å². The Labute approximate surface area is 152 Å². The molecule has 0 fully saturated rings. The number of guanidine groups is 1. The summed E-state index contributed by atoms with van der Waals surface area (Å²) in [7, 11) is 3.30. The molecule has 2 rings (SSSR count). The SMILES string of the molecule is CN=C(NCCSc1ccccc1)NCc1ccc(F)c(COC)c1. The molecular formula is C19H24FN3OS. The molecule has 0 spiro atoms. The Hall–Kier alpha value is -2.05. The van der Waals surface area contributed by atoms with Gasteiger partial charge in [-0.25, -0.2) is 4.39 Å². The van der Waals surface area contributed by atoms with Crippen molar-refractivity contribution in [3.63, 3.8) is 0 Å². The average Bonchev–Trinajstić information content (AvgIpc) is 2.64. The number of aliphatic imine (C=N–C) groups is 1. The third-order valence-electron chi connectivity index (χ3n) is 3.50. The summed E-state index contributed by atoms with van der Waals surface area (Å²) in [5.74, 6) is 1.43. The van der Waals surface area contributed by atoms with Crippen LogP contribution in [0.25, 0.3) is 0 Å². The van der Waals surface area contributed by atoms with E-state index in [1.165, 1.54) is 11.0 Å². The van der Waals surface area contributed by atoms with Gasteiger partial charge in [-0.05, 0) is 29.8 Å². The molecular weight excluding hydrogens is 337 g/mol. The highest BCUT2D eigenvalue weighted by Crippen LogP contribution is 2.15. The number of rotatable bonds is 8. The van der Waals surface area contributed by atoms with E-state index in [4.69, 9.17) is 4.74 Å². The zero-order valence-electron chi connectivity index (χ0n) is 14.6. The molecule has 2 N–H and O–H groups in total. The predicted molar refractivity (Wildman–Crippen MR) is 102 cm³/mol. The molecule has 0 atom stereocenters. The van der Waals surface area contributed by atoms with Crippen LogP contribution in [-0.4, -0.2) is 32.4 Å². The van der Waals surface area contributed by atoms with Crippen molar-refractivity contribution < 1.29 is 9.13 Å². The molecule has 2 aromatic carbocycles. The number of halogens is 1. The number of benzene rings is 2. The number of nitrogens with one attached hydrogen (secondary N) is 2. The van der Waals surface area contributed by atoms with Crippen molar-refractivity contribution in [1.29, 1.82) is 0 Å². The van der Waals surface area contributed by atoms with Crippen molar-refractivity contribution in [2.75, 3.05) is 26.5 Å². The van der Waals surface area contributed by atoms with Crippen molar-refractivity contribution in [2.24, 2.45) is 4.99 Å². The molecule has 0 saturated heterocycles. The molecule has 0 aliphatic heterocycles. The number of hydrogen-bond donors (Lipinski definition) is 2. The highest BCUT2D eigenvalue weighted by atomic mass is 32.2. The lowest BCUT2D eigenvalue weighted by Gasteiger charge is -2.12. The summed E-state index contributed by atoms with van der Waals surface area (Å²) in [5.41, 5.74) is 1.54. The summed E-state index contributed by atoms with van der Waals surface area (Å²) in [6, 6.07) is 15.3. The maximum absolute atomic E-state index is 13.6. The molecule has 2 aromatic rings. The van der Waals surface area contributed by atoms with Crippen LogP contribution in [0.5, 0.6) is 0 Å². The van der Waals surface area contributed by atoms with Crippen LogP contribution < -0.4 is 10.6 Å². The van der Waals surface area contributed by atoms with Crippen LogP contribution in [0.3, 0.4) is 0 Å². The minimum Gasteiger partial charge on any atom is -0.380 e. The van der Waals surface area contributed by atoms with Gasteiger partial charge in [-0.2, -0.15) is 0 Å². The van der Waals surface area contributed by atoms with Gasteiger partial charge in [0.2, 0.25) is 0 Å².